The van der Waals surface area contributed by atoms with Crippen molar-refractivity contribution in [1.29, 1.82) is 0 Å². The molecule has 0 fully saturated rings. The Morgan fingerprint density at radius 3 is 1.64 bits per heavy atom. The fraction of sp³-hybridized carbons (Fsp3) is 0.739. The molecule has 0 bridgehead atoms. The second-order valence-corrected chi connectivity index (χ2v) is 8.44. The third-order valence-electron chi connectivity index (χ3n) is 5.39. The zero-order valence-electron chi connectivity index (χ0n) is 17.8. The molecule has 0 saturated heterocycles. The van der Waals surface area contributed by atoms with E-state index in [1.165, 1.54) is 87.4 Å². The lowest BCUT2D eigenvalue weighted by Gasteiger charge is -2.26. The average Bonchev–Trinajstić information content (AvgIpc) is 2.52. The summed E-state index contributed by atoms with van der Waals surface area (Å²) in [6, 6.07) is 4.71. The summed E-state index contributed by atoms with van der Waals surface area (Å²) in [4.78, 5) is 0. The number of nitrogens with zero attached hydrogens (tertiary/aromatic N) is 1. The molecule has 2 heteroatoms. The molecular formula is C23H42ClN. The van der Waals surface area contributed by atoms with Gasteiger partial charge in [-0.15, -0.1) is 0 Å². The second-order valence-electron chi connectivity index (χ2n) is 8.44. The Bertz CT molecular complexity index is 474. The van der Waals surface area contributed by atoms with Gasteiger partial charge in [0.25, 0.3) is 0 Å². The summed E-state index contributed by atoms with van der Waals surface area (Å²) in [6.45, 7) is 6.88. The van der Waals surface area contributed by atoms with Crippen molar-refractivity contribution >= 4 is 5.69 Å². The van der Waals surface area contributed by atoms with Crippen molar-refractivity contribution in [3.05, 3.63) is 28.8 Å². The lowest BCUT2D eigenvalue weighted by atomic mass is 9.96. The standard InChI is InChI=1S/C23H42N.ClH/c1-7-8-9-10-11-12-13-14-15-16-17-22-18-19-23(24(4,5)6)21(3)20(22)2;/h18-19H,7-17H2,1-6H3;1H/q+1;/p-1. The van der Waals surface area contributed by atoms with Crippen LogP contribution in [0.2, 0.25) is 0 Å². The highest BCUT2D eigenvalue weighted by Crippen LogP contribution is 2.28. The molecule has 25 heavy (non-hydrogen) atoms. The molecule has 0 heterocycles. The molecule has 0 aromatic heterocycles. The zero-order valence-corrected chi connectivity index (χ0v) is 18.5. The van der Waals surface area contributed by atoms with Gasteiger partial charge < -0.3 is 12.4 Å². The normalized spacial score (nSPS) is 11.4. The van der Waals surface area contributed by atoms with E-state index in [2.05, 4.69) is 54.0 Å². The molecule has 0 saturated carbocycles. The van der Waals surface area contributed by atoms with Crippen LogP contribution >= 0.6 is 0 Å². The first-order chi connectivity index (χ1) is 11.4. The van der Waals surface area contributed by atoms with Crippen molar-refractivity contribution in [3.63, 3.8) is 0 Å². The Morgan fingerprint density at radius 1 is 0.680 bits per heavy atom. The lowest BCUT2D eigenvalue weighted by Crippen LogP contribution is -3.00. The van der Waals surface area contributed by atoms with Crippen LogP contribution in [0.1, 0.15) is 87.8 Å². The number of unbranched alkanes of at least 4 members (excludes halogenated alkanes) is 9. The van der Waals surface area contributed by atoms with E-state index in [4.69, 9.17) is 0 Å². The van der Waals surface area contributed by atoms with Crippen LogP contribution in [0.5, 0.6) is 0 Å². The number of hydrogen-bond donors (Lipinski definition) is 0. The maximum atomic E-state index is 2.37. The van der Waals surface area contributed by atoms with E-state index in [-0.39, 0.29) is 12.4 Å². The zero-order chi connectivity index (χ0) is 18.0. The van der Waals surface area contributed by atoms with Crippen LogP contribution in [0, 0.1) is 13.8 Å². The Kier molecular flexibility index (Phi) is 12.5. The summed E-state index contributed by atoms with van der Waals surface area (Å²) in [5.41, 5.74) is 5.99. The maximum Gasteiger partial charge on any atom is 0.135 e. The van der Waals surface area contributed by atoms with Crippen molar-refractivity contribution in [2.75, 3.05) is 21.1 Å². The summed E-state index contributed by atoms with van der Waals surface area (Å²) in [5.74, 6) is 0. The average molecular weight is 368 g/mol. The molecule has 1 aromatic carbocycles. The summed E-state index contributed by atoms with van der Waals surface area (Å²) in [7, 11) is 6.76. The van der Waals surface area contributed by atoms with E-state index < -0.39 is 0 Å². The predicted molar refractivity (Wildman–Crippen MR) is 111 cm³/mol. The van der Waals surface area contributed by atoms with Crippen LogP contribution in [-0.2, 0) is 6.42 Å². The summed E-state index contributed by atoms with van der Waals surface area (Å²) < 4.78 is 0.908. The van der Waals surface area contributed by atoms with E-state index in [9.17, 15) is 0 Å². The minimum Gasteiger partial charge on any atom is -1.00 e. The smallest absolute Gasteiger partial charge is 0.135 e. The van der Waals surface area contributed by atoms with E-state index in [1.807, 2.05) is 0 Å². The van der Waals surface area contributed by atoms with Crippen molar-refractivity contribution in [2.24, 2.45) is 0 Å². The SMILES string of the molecule is CCCCCCCCCCCCc1ccc([N+](C)(C)C)c(C)c1C.[Cl-]. The molecule has 0 radical (unpaired) electrons. The minimum atomic E-state index is 0. The van der Waals surface area contributed by atoms with Gasteiger partial charge in [-0.1, -0.05) is 70.8 Å². The van der Waals surface area contributed by atoms with E-state index in [1.54, 1.807) is 5.56 Å². The fourth-order valence-electron chi connectivity index (χ4n) is 3.66. The van der Waals surface area contributed by atoms with E-state index >= 15 is 0 Å². The molecule has 0 aliphatic carbocycles. The topological polar surface area (TPSA) is 0 Å². The molecule has 1 aromatic rings. The number of aryl methyl sites for hydroxylation is 1. The van der Waals surface area contributed by atoms with Crippen LogP contribution in [0.25, 0.3) is 0 Å². The third-order valence-corrected chi connectivity index (χ3v) is 5.39. The van der Waals surface area contributed by atoms with Gasteiger partial charge in [-0.05, 0) is 43.9 Å². The number of rotatable bonds is 12. The van der Waals surface area contributed by atoms with Gasteiger partial charge in [-0.25, -0.2) is 0 Å². The molecule has 1 rings (SSSR count). The number of quaternary nitrogens is 1. The maximum absolute atomic E-state index is 2.37. The van der Waals surface area contributed by atoms with Crippen LogP contribution in [-0.4, -0.2) is 21.1 Å². The highest BCUT2D eigenvalue weighted by Gasteiger charge is 2.17. The van der Waals surface area contributed by atoms with Gasteiger partial charge in [-0.2, -0.15) is 0 Å². The Morgan fingerprint density at radius 2 is 1.16 bits per heavy atom. The van der Waals surface area contributed by atoms with E-state index in [0.717, 1.165) is 4.48 Å². The van der Waals surface area contributed by atoms with E-state index in [0.29, 0.717) is 0 Å². The first-order valence-electron chi connectivity index (χ1n) is 10.3. The molecule has 146 valence electrons. The monoisotopic (exact) mass is 367 g/mol. The molecule has 0 unspecified atom stereocenters. The van der Waals surface area contributed by atoms with Crippen LogP contribution in [0.4, 0.5) is 5.69 Å². The van der Waals surface area contributed by atoms with Gasteiger partial charge in [0.15, 0.2) is 0 Å². The van der Waals surface area contributed by atoms with Crippen molar-refractivity contribution in [1.82, 2.24) is 4.48 Å². The lowest BCUT2D eigenvalue weighted by molar-refractivity contribution is -0.00000561. The molecular weight excluding hydrogens is 326 g/mol. The van der Waals surface area contributed by atoms with Crippen LogP contribution < -0.4 is 16.9 Å². The molecule has 0 spiro atoms. The van der Waals surface area contributed by atoms with Gasteiger partial charge in [0, 0.05) is 5.56 Å². The highest BCUT2D eigenvalue weighted by molar-refractivity contribution is 5.54. The van der Waals surface area contributed by atoms with Crippen molar-refractivity contribution in [3.8, 4) is 0 Å². The number of benzene rings is 1. The Hall–Kier alpha value is -0.530. The second kappa shape index (κ2) is 12.8. The third kappa shape index (κ3) is 9.11. The molecule has 0 aliphatic rings. The van der Waals surface area contributed by atoms with Gasteiger partial charge in [0.05, 0.1) is 21.1 Å². The minimum absolute atomic E-state index is 0. The van der Waals surface area contributed by atoms with Gasteiger partial charge in [-0.3, -0.25) is 4.48 Å². The summed E-state index contributed by atoms with van der Waals surface area (Å²) in [6.07, 6.45) is 15.4. The van der Waals surface area contributed by atoms with Gasteiger partial charge in [0.1, 0.15) is 5.69 Å². The van der Waals surface area contributed by atoms with Crippen LogP contribution in [0.15, 0.2) is 12.1 Å². The van der Waals surface area contributed by atoms with Crippen molar-refractivity contribution in [2.45, 2.75) is 91.4 Å². The molecule has 0 atom stereocenters. The molecule has 0 amide bonds. The predicted octanol–water partition coefficient (Wildman–Crippen LogP) is 3.97. The first-order valence-corrected chi connectivity index (χ1v) is 10.3. The summed E-state index contributed by atoms with van der Waals surface area (Å²) in [5, 5.41) is 0. The Balaban J connectivity index is 0.00000576. The molecule has 1 nitrogen and oxygen atoms in total. The Labute approximate surface area is 164 Å². The largest absolute Gasteiger partial charge is 1.00 e. The quantitative estimate of drug-likeness (QED) is 0.387. The molecule has 0 N–H and O–H groups in total. The van der Waals surface area contributed by atoms with Gasteiger partial charge in [0.2, 0.25) is 0 Å². The van der Waals surface area contributed by atoms with Crippen molar-refractivity contribution < 1.29 is 12.4 Å². The first kappa shape index (κ1) is 24.5. The number of halogens is 1. The highest BCUT2D eigenvalue weighted by atomic mass is 35.5. The van der Waals surface area contributed by atoms with Gasteiger partial charge >= 0.3 is 0 Å². The molecule has 0 aliphatic heterocycles. The number of hydrogen-bond acceptors (Lipinski definition) is 0. The van der Waals surface area contributed by atoms with Crippen LogP contribution in [0.3, 0.4) is 0 Å². The fourth-order valence-corrected chi connectivity index (χ4v) is 3.66. The summed E-state index contributed by atoms with van der Waals surface area (Å²) >= 11 is 0.